The Morgan fingerprint density at radius 2 is 1.25 bits per heavy atom. The van der Waals surface area contributed by atoms with Gasteiger partial charge >= 0.3 is 0 Å². The van der Waals surface area contributed by atoms with E-state index in [1.165, 1.54) is 43.2 Å². The van der Waals surface area contributed by atoms with Crippen molar-refractivity contribution in [2.45, 2.75) is 44.2 Å². The van der Waals surface area contributed by atoms with Crippen LogP contribution in [-0.2, 0) is 5.16 Å². The second-order valence-corrected chi connectivity index (χ2v) is 6.50. The molecule has 106 valence electrons. The van der Waals surface area contributed by atoms with Crippen LogP contribution in [0.2, 0.25) is 0 Å². The molecule has 2 aromatic rings. The van der Waals surface area contributed by atoms with Crippen molar-refractivity contribution in [3.8, 4) is 0 Å². The zero-order valence-electron chi connectivity index (χ0n) is 12.4. The number of hydrogen-bond acceptors (Lipinski definition) is 0. The first kappa shape index (κ1) is 15.3. The molecule has 0 nitrogen and oxygen atoms in total. The van der Waals surface area contributed by atoms with Crippen molar-refractivity contribution in [1.29, 1.82) is 0 Å². The molecule has 0 bridgehead atoms. The van der Waals surface area contributed by atoms with Crippen LogP contribution in [0.25, 0.3) is 0 Å². The third-order valence-corrected chi connectivity index (χ3v) is 4.96. The molecule has 0 fully saturated rings. The SMILES string of the molecule is CCCCCCC(P)(c1ccccc1)c1ccccc1. The van der Waals surface area contributed by atoms with E-state index in [-0.39, 0.29) is 5.16 Å². The normalized spacial score (nSPS) is 11.5. The number of rotatable bonds is 7. The molecule has 0 spiro atoms. The van der Waals surface area contributed by atoms with Gasteiger partial charge in [0.25, 0.3) is 0 Å². The summed E-state index contributed by atoms with van der Waals surface area (Å²) < 4.78 is 0. The van der Waals surface area contributed by atoms with Gasteiger partial charge in [-0.2, -0.15) is 0 Å². The molecule has 0 radical (unpaired) electrons. The average Bonchev–Trinajstić information content (AvgIpc) is 2.53. The minimum atomic E-state index is 0.0518. The minimum Gasteiger partial charge on any atom is -0.122 e. The van der Waals surface area contributed by atoms with Gasteiger partial charge in [0.2, 0.25) is 0 Å². The first-order valence-electron chi connectivity index (χ1n) is 7.67. The molecule has 0 amide bonds. The van der Waals surface area contributed by atoms with E-state index in [4.69, 9.17) is 0 Å². The lowest BCUT2D eigenvalue weighted by atomic mass is 9.85. The van der Waals surface area contributed by atoms with Crippen molar-refractivity contribution in [3.63, 3.8) is 0 Å². The molecule has 2 aromatic carbocycles. The van der Waals surface area contributed by atoms with Gasteiger partial charge in [0.1, 0.15) is 0 Å². The van der Waals surface area contributed by atoms with Gasteiger partial charge in [0.05, 0.1) is 0 Å². The second-order valence-electron chi connectivity index (χ2n) is 5.51. The van der Waals surface area contributed by atoms with Gasteiger partial charge < -0.3 is 0 Å². The van der Waals surface area contributed by atoms with E-state index in [9.17, 15) is 0 Å². The molecule has 0 heterocycles. The summed E-state index contributed by atoms with van der Waals surface area (Å²) in [6.07, 6.45) is 6.42. The zero-order valence-corrected chi connectivity index (χ0v) is 13.5. The molecular formula is C19H25P. The van der Waals surface area contributed by atoms with Gasteiger partial charge in [-0.05, 0) is 17.5 Å². The molecule has 0 saturated heterocycles. The van der Waals surface area contributed by atoms with E-state index in [0.717, 1.165) is 0 Å². The molecule has 0 aliphatic carbocycles. The predicted octanol–water partition coefficient (Wildman–Crippen LogP) is 5.78. The summed E-state index contributed by atoms with van der Waals surface area (Å²) in [7, 11) is 3.13. The van der Waals surface area contributed by atoms with E-state index in [0.29, 0.717) is 0 Å². The van der Waals surface area contributed by atoms with E-state index in [1.54, 1.807) is 0 Å². The highest BCUT2D eigenvalue weighted by atomic mass is 31.0. The van der Waals surface area contributed by atoms with Crippen LogP contribution < -0.4 is 0 Å². The maximum atomic E-state index is 3.13. The third kappa shape index (κ3) is 3.70. The summed E-state index contributed by atoms with van der Waals surface area (Å²) in [6.45, 7) is 2.27. The fourth-order valence-electron chi connectivity index (χ4n) is 2.76. The lowest BCUT2D eigenvalue weighted by Gasteiger charge is -2.31. The summed E-state index contributed by atoms with van der Waals surface area (Å²) >= 11 is 0. The van der Waals surface area contributed by atoms with Crippen molar-refractivity contribution in [2.24, 2.45) is 0 Å². The Labute approximate surface area is 125 Å². The quantitative estimate of drug-likeness (QED) is 0.447. The Balaban J connectivity index is 2.24. The highest BCUT2D eigenvalue weighted by Gasteiger charge is 2.28. The van der Waals surface area contributed by atoms with Gasteiger partial charge in [-0.3, -0.25) is 0 Å². The molecule has 2 rings (SSSR count). The number of unbranched alkanes of at least 4 members (excludes halogenated alkanes) is 3. The van der Waals surface area contributed by atoms with Crippen molar-refractivity contribution in [1.82, 2.24) is 0 Å². The van der Waals surface area contributed by atoms with Crippen LogP contribution in [0.5, 0.6) is 0 Å². The molecule has 1 atom stereocenters. The topological polar surface area (TPSA) is 0 Å². The molecule has 0 N–H and O–H groups in total. The lowest BCUT2D eigenvalue weighted by molar-refractivity contribution is 0.568. The van der Waals surface area contributed by atoms with Gasteiger partial charge in [-0.25, -0.2) is 0 Å². The molecule has 20 heavy (non-hydrogen) atoms. The van der Waals surface area contributed by atoms with Crippen molar-refractivity contribution >= 4 is 9.24 Å². The van der Waals surface area contributed by atoms with Crippen LogP contribution in [0.1, 0.15) is 50.2 Å². The molecular weight excluding hydrogens is 259 g/mol. The predicted molar refractivity (Wildman–Crippen MR) is 92.1 cm³/mol. The largest absolute Gasteiger partial charge is 0.122 e. The van der Waals surface area contributed by atoms with Crippen LogP contribution in [0.3, 0.4) is 0 Å². The van der Waals surface area contributed by atoms with Crippen LogP contribution >= 0.6 is 9.24 Å². The molecule has 0 saturated carbocycles. The van der Waals surface area contributed by atoms with E-state index in [1.807, 2.05) is 0 Å². The highest BCUT2D eigenvalue weighted by molar-refractivity contribution is 7.19. The highest BCUT2D eigenvalue weighted by Crippen LogP contribution is 2.43. The maximum Gasteiger partial charge on any atom is 0.0344 e. The molecule has 0 aliphatic heterocycles. The van der Waals surface area contributed by atoms with Gasteiger partial charge in [-0.15, -0.1) is 9.24 Å². The van der Waals surface area contributed by atoms with E-state index < -0.39 is 0 Å². The van der Waals surface area contributed by atoms with E-state index in [2.05, 4.69) is 76.8 Å². The summed E-state index contributed by atoms with van der Waals surface area (Å²) in [5.74, 6) is 0. The number of benzene rings is 2. The van der Waals surface area contributed by atoms with Crippen molar-refractivity contribution in [2.75, 3.05) is 0 Å². The van der Waals surface area contributed by atoms with Crippen LogP contribution in [-0.4, -0.2) is 0 Å². The maximum absolute atomic E-state index is 3.13. The Hall–Kier alpha value is -1.13. The Bertz CT molecular complexity index is 450. The fourth-order valence-corrected chi connectivity index (χ4v) is 3.35. The first-order valence-corrected chi connectivity index (χ1v) is 8.25. The van der Waals surface area contributed by atoms with Crippen LogP contribution in [0, 0.1) is 0 Å². The van der Waals surface area contributed by atoms with Gasteiger partial charge in [0, 0.05) is 5.16 Å². The van der Waals surface area contributed by atoms with Crippen LogP contribution in [0.15, 0.2) is 60.7 Å². The smallest absolute Gasteiger partial charge is 0.0344 e. The summed E-state index contributed by atoms with van der Waals surface area (Å²) in [6, 6.07) is 21.8. The third-order valence-electron chi connectivity index (χ3n) is 4.00. The van der Waals surface area contributed by atoms with Gasteiger partial charge in [-0.1, -0.05) is 93.3 Å². The summed E-state index contributed by atoms with van der Waals surface area (Å²) in [5.41, 5.74) is 2.79. The Kier molecular flexibility index (Phi) is 5.80. The second kappa shape index (κ2) is 7.60. The first-order chi connectivity index (χ1) is 9.77. The summed E-state index contributed by atoms with van der Waals surface area (Å²) in [5, 5.41) is 0.0518. The minimum absolute atomic E-state index is 0.0518. The van der Waals surface area contributed by atoms with Crippen LogP contribution in [0.4, 0.5) is 0 Å². The lowest BCUT2D eigenvalue weighted by Crippen LogP contribution is -2.19. The number of hydrogen-bond donors (Lipinski definition) is 0. The Morgan fingerprint density at radius 3 is 1.70 bits per heavy atom. The van der Waals surface area contributed by atoms with Gasteiger partial charge in [0.15, 0.2) is 0 Å². The Morgan fingerprint density at radius 1 is 0.750 bits per heavy atom. The zero-order chi connectivity index (χ0) is 14.3. The molecule has 0 aromatic heterocycles. The molecule has 0 aliphatic rings. The fraction of sp³-hybridized carbons (Fsp3) is 0.368. The van der Waals surface area contributed by atoms with Crippen molar-refractivity contribution in [3.05, 3.63) is 71.8 Å². The van der Waals surface area contributed by atoms with Crippen molar-refractivity contribution < 1.29 is 0 Å². The molecule has 1 heteroatoms. The summed E-state index contributed by atoms with van der Waals surface area (Å²) in [4.78, 5) is 0. The average molecular weight is 284 g/mol. The standard InChI is InChI=1S/C19H25P/c1-2-3-4-11-16-19(20,17-12-7-5-8-13-17)18-14-9-6-10-15-18/h5-10,12-15H,2-4,11,16,20H2,1H3. The monoisotopic (exact) mass is 284 g/mol. The van der Waals surface area contributed by atoms with E-state index >= 15 is 0 Å². The molecule has 1 unspecified atom stereocenters.